The van der Waals surface area contributed by atoms with E-state index in [-0.39, 0.29) is 0 Å². The molecule has 0 aromatic carbocycles. The zero-order chi connectivity index (χ0) is 7.98. The van der Waals surface area contributed by atoms with Gasteiger partial charge >= 0.3 is 0 Å². The van der Waals surface area contributed by atoms with Gasteiger partial charge in [-0.25, -0.2) is 0 Å². The lowest BCUT2D eigenvalue weighted by Crippen LogP contribution is -2.35. The molecule has 1 unspecified atom stereocenters. The minimum Gasteiger partial charge on any atom is -0.317 e. The summed E-state index contributed by atoms with van der Waals surface area (Å²) in [4.78, 5) is 0. The van der Waals surface area contributed by atoms with E-state index >= 15 is 0 Å². The summed E-state index contributed by atoms with van der Waals surface area (Å²) in [5, 5.41) is 9.33. The molecule has 0 aliphatic rings. The minimum absolute atomic E-state index is 0.523. The quantitative estimate of drug-likeness (QED) is 0.505. The highest BCUT2D eigenvalue weighted by Gasteiger charge is 2.07. The van der Waals surface area contributed by atoms with Crippen molar-refractivity contribution in [1.29, 1.82) is 0 Å². The molecule has 0 bridgehead atoms. The first-order chi connectivity index (χ1) is 4.74. The van der Waals surface area contributed by atoms with Gasteiger partial charge < -0.3 is 5.32 Å². The molecular weight excluding hydrogens is 126 g/mol. The van der Waals surface area contributed by atoms with Gasteiger partial charge in [0.15, 0.2) is 0 Å². The van der Waals surface area contributed by atoms with Gasteiger partial charge in [-0.2, -0.15) is 0 Å². The zero-order valence-corrected chi connectivity index (χ0v) is 7.28. The highest BCUT2D eigenvalue weighted by molar-refractivity contribution is 4.83. The van der Waals surface area contributed by atoms with E-state index in [1.54, 1.807) is 0 Å². The largest absolute Gasteiger partial charge is 0.317 e. The molecule has 0 heterocycles. The molecule has 1 radical (unpaired) electrons. The summed E-state index contributed by atoms with van der Waals surface area (Å²) in [6.07, 6.45) is 2.19. The van der Waals surface area contributed by atoms with Crippen LogP contribution in [-0.4, -0.2) is 27.2 Å². The van der Waals surface area contributed by atoms with Crippen LogP contribution in [0.4, 0.5) is 0 Å². The Morgan fingerprint density at radius 3 is 2.00 bits per heavy atom. The standard InChI is InChI=1S/C7H18N3/c1-6(8-2)5-7(9-3)10-4/h6,8-10H,5H2,1-4H3. The van der Waals surface area contributed by atoms with Gasteiger partial charge in [0.05, 0.1) is 0 Å². The van der Waals surface area contributed by atoms with Crippen molar-refractivity contribution in [3.05, 3.63) is 6.17 Å². The lowest BCUT2D eigenvalue weighted by atomic mass is 10.2. The number of rotatable bonds is 5. The van der Waals surface area contributed by atoms with Crippen LogP contribution >= 0.6 is 0 Å². The fraction of sp³-hybridized carbons (Fsp3) is 0.857. The van der Waals surface area contributed by atoms with Crippen molar-refractivity contribution < 1.29 is 0 Å². The van der Waals surface area contributed by atoms with Crippen molar-refractivity contribution >= 4 is 0 Å². The average Bonchev–Trinajstić information content (AvgIpc) is 1.99. The SMILES string of the molecule is CN[C](CC(C)NC)NC. The molecule has 0 aliphatic heterocycles. The molecular formula is C7H18N3. The zero-order valence-electron chi connectivity index (χ0n) is 7.28. The van der Waals surface area contributed by atoms with E-state index in [0.29, 0.717) is 6.04 Å². The summed E-state index contributed by atoms with van der Waals surface area (Å²) in [5.41, 5.74) is 0. The maximum absolute atomic E-state index is 3.16. The van der Waals surface area contributed by atoms with Gasteiger partial charge in [-0.15, -0.1) is 0 Å². The Morgan fingerprint density at radius 1 is 1.20 bits per heavy atom. The number of nitrogens with one attached hydrogen (secondary N) is 3. The minimum atomic E-state index is 0.523. The lowest BCUT2D eigenvalue weighted by Gasteiger charge is -2.17. The van der Waals surface area contributed by atoms with Crippen LogP contribution < -0.4 is 16.0 Å². The molecule has 10 heavy (non-hydrogen) atoms. The van der Waals surface area contributed by atoms with Crippen LogP contribution in [0.15, 0.2) is 0 Å². The Kier molecular flexibility index (Phi) is 5.58. The first-order valence-corrected chi connectivity index (χ1v) is 3.63. The number of hydrogen-bond donors (Lipinski definition) is 3. The third-order valence-corrected chi connectivity index (χ3v) is 1.61. The fourth-order valence-electron chi connectivity index (χ4n) is 0.737. The molecule has 0 amide bonds. The van der Waals surface area contributed by atoms with Crippen molar-refractivity contribution in [3.8, 4) is 0 Å². The van der Waals surface area contributed by atoms with Gasteiger partial charge in [-0.1, -0.05) is 0 Å². The van der Waals surface area contributed by atoms with Gasteiger partial charge in [0.1, 0.15) is 6.17 Å². The molecule has 0 spiro atoms. The van der Waals surface area contributed by atoms with Crippen molar-refractivity contribution in [2.24, 2.45) is 0 Å². The predicted molar refractivity (Wildman–Crippen MR) is 44.5 cm³/mol. The monoisotopic (exact) mass is 144 g/mol. The third-order valence-electron chi connectivity index (χ3n) is 1.61. The third kappa shape index (κ3) is 3.82. The molecule has 0 aromatic heterocycles. The van der Waals surface area contributed by atoms with Crippen molar-refractivity contribution in [2.75, 3.05) is 21.1 Å². The summed E-state index contributed by atoms with van der Waals surface area (Å²) < 4.78 is 0. The van der Waals surface area contributed by atoms with Crippen molar-refractivity contribution in [2.45, 2.75) is 19.4 Å². The maximum atomic E-state index is 3.16. The Balaban J connectivity index is 3.41. The predicted octanol–water partition coefficient (Wildman–Crippen LogP) is -0.0873. The molecule has 0 saturated heterocycles. The van der Waals surface area contributed by atoms with Crippen LogP contribution in [0.5, 0.6) is 0 Å². The van der Waals surface area contributed by atoms with Gasteiger partial charge in [0.2, 0.25) is 0 Å². The highest BCUT2D eigenvalue weighted by atomic mass is 15.1. The summed E-state index contributed by atoms with van der Waals surface area (Å²) in [6, 6.07) is 0.523. The maximum Gasteiger partial charge on any atom is 0.102 e. The van der Waals surface area contributed by atoms with Crippen molar-refractivity contribution in [3.63, 3.8) is 0 Å². The van der Waals surface area contributed by atoms with Crippen LogP contribution in [0.1, 0.15) is 13.3 Å². The topological polar surface area (TPSA) is 36.1 Å². The van der Waals surface area contributed by atoms with Crippen molar-refractivity contribution in [1.82, 2.24) is 16.0 Å². The lowest BCUT2D eigenvalue weighted by molar-refractivity contribution is 0.504. The first-order valence-electron chi connectivity index (χ1n) is 3.63. The summed E-state index contributed by atoms with van der Waals surface area (Å²) in [6.45, 7) is 2.15. The van der Waals surface area contributed by atoms with E-state index in [1.165, 1.54) is 6.17 Å². The fourth-order valence-corrected chi connectivity index (χ4v) is 0.737. The smallest absolute Gasteiger partial charge is 0.102 e. The van der Waals surface area contributed by atoms with Gasteiger partial charge in [-0.3, -0.25) is 10.6 Å². The Bertz CT molecular complexity index is 71.3. The van der Waals surface area contributed by atoms with Crippen LogP contribution in [0.25, 0.3) is 0 Å². The molecule has 3 heteroatoms. The highest BCUT2D eigenvalue weighted by Crippen LogP contribution is 1.98. The molecule has 3 nitrogen and oxygen atoms in total. The summed E-state index contributed by atoms with van der Waals surface area (Å²) in [5.74, 6) is 0. The molecule has 0 aliphatic carbocycles. The van der Waals surface area contributed by atoms with Gasteiger partial charge in [-0.05, 0) is 34.5 Å². The number of hydrogen-bond acceptors (Lipinski definition) is 3. The van der Waals surface area contributed by atoms with E-state index in [2.05, 4.69) is 22.9 Å². The summed E-state index contributed by atoms with van der Waals surface area (Å²) in [7, 11) is 5.82. The Hall–Kier alpha value is -0.120. The Morgan fingerprint density at radius 2 is 1.70 bits per heavy atom. The van der Waals surface area contributed by atoms with E-state index < -0.39 is 0 Å². The molecule has 0 fully saturated rings. The van der Waals surface area contributed by atoms with E-state index in [9.17, 15) is 0 Å². The van der Waals surface area contributed by atoms with Crippen LogP contribution in [0, 0.1) is 6.17 Å². The van der Waals surface area contributed by atoms with E-state index in [1.807, 2.05) is 21.1 Å². The molecule has 0 saturated carbocycles. The first kappa shape index (κ1) is 9.88. The second kappa shape index (κ2) is 5.65. The van der Waals surface area contributed by atoms with Crippen LogP contribution in [0.2, 0.25) is 0 Å². The molecule has 0 rings (SSSR count). The van der Waals surface area contributed by atoms with Gasteiger partial charge in [0, 0.05) is 6.04 Å². The van der Waals surface area contributed by atoms with Crippen LogP contribution in [0.3, 0.4) is 0 Å². The molecule has 3 N–H and O–H groups in total. The van der Waals surface area contributed by atoms with E-state index in [4.69, 9.17) is 0 Å². The van der Waals surface area contributed by atoms with Gasteiger partial charge in [0.25, 0.3) is 0 Å². The summed E-state index contributed by atoms with van der Waals surface area (Å²) >= 11 is 0. The molecule has 0 aromatic rings. The second-order valence-electron chi connectivity index (χ2n) is 2.37. The Labute approximate surface area is 63.6 Å². The van der Waals surface area contributed by atoms with Crippen LogP contribution in [-0.2, 0) is 0 Å². The normalized spacial score (nSPS) is 14.1. The molecule has 1 atom stereocenters. The van der Waals surface area contributed by atoms with E-state index in [0.717, 1.165) is 6.42 Å². The second-order valence-corrected chi connectivity index (χ2v) is 2.37. The molecule has 61 valence electrons. The average molecular weight is 144 g/mol.